The Kier molecular flexibility index (Phi) is 31.9. The number of nitrogens with two attached hydrogens (primary N) is 2. The van der Waals surface area contributed by atoms with E-state index in [-0.39, 0.29) is 5.78 Å². The van der Waals surface area contributed by atoms with Crippen LogP contribution in [0.25, 0.3) is 0 Å². The molecule has 0 fully saturated rings. The van der Waals surface area contributed by atoms with Crippen LogP contribution in [0, 0.1) is 0 Å². The summed E-state index contributed by atoms with van der Waals surface area (Å²) in [6.45, 7) is 35.0. The van der Waals surface area contributed by atoms with Crippen molar-refractivity contribution in [1.82, 2.24) is 0 Å². The third-order valence-electron chi connectivity index (χ3n) is 9.49. The molecule has 0 spiro atoms. The van der Waals surface area contributed by atoms with Crippen molar-refractivity contribution in [1.29, 1.82) is 0 Å². The molecule has 2 rings (SSSR count). The van der Waals surface area contributed by atoms with E-state index in [4.69, 9.17) is 16.5 Å². The van der Waals surface area contributed by atoms with Crippen LogP contribution in [0.3, 0.4) is 0 Å². The van der Waals surface area contributed by atoms with Crippen molar-refractivity contribution in [2.75, 3.05) is 13.1 Å². The van der Waals surface area contributed by atoms with Gasteiger partial charge in [-0.05, 0) is 98.2 Å². The van der Waals surface area contributed by atoms with E-state index in [1.807, 2.05) is 13.8 Å². The van der Waals surface area contributed by atoms with E-state index < -0.39 is 0 Å². The lowest BCUT2D eigenvalue weighted by atomic mass is 9.93. The minimum atomic E-state index is 0.0308. The molecule has 0 aliphatic rings. The van der Waals surface area contributed by atoms with Gasteiger partial charge in [0.2, 0.25) is 0 Å². The number of unbranched alkanes of at least 4 members (excludes halogenated alkanes) is 10. The lowest BCUT2D eigenvalue weighted by Crippen LogP contribution is -2.05. The molecule has 5 nitrogen and oxygen atoms in total. The van der Waals surface area contributed by atoms with Gasteiger partial charge in [0.15, 0.2) is 5.78 Å². The number of hydrogen-bond donors (Lipinski definition) is 2. The van der Waals surface area contributed by atoms with Gasteiger partial charge in [0.05, 0.1) is 17.1 Å². The smallest absolute Gasteiger partial charge is 0.173 e. The normalized spacial score (nSPS) is 11.6. The molecule has 5 heteroatoms. The van der Waals surface area contributed by atoms with E-state index in [0.29, 0.717) is 29.4 Å². The quantitative estimate of drug-likeness (QED) is 0.104. The Bertz CT molecular complexity index is 1180. The van der Waals surface area contributed by atoms with Crippen molar-refractivity contribution in [3.63, 3.8) is 0 Å². The molecule has 0 radical (unpaired) electrons. The van der Waals surface area contributed by atoms with Crippen LogP contribution in [0.1, 0.15) is 220 Å². The van der Waals surface area contributed by atoms with Gasteiger partial charge in [0, 0.05) is 12.6 Å². The summed E-state index contributed by atoms with van der Waals surface area (Å²) in [7, 11) is 0. The molecule has 54 heavy (non-hydrogen) atoms. The van der Waals surface area contributed by atoms with E-state index >= 15 is 0 Å². The molecule has 0 saturated carbocycles. The molecule has 0 aliphatic heterocycles. The Morgan fingerprint density at radius 1 is 0.519 bits per heavy atom. The summed E-state index contributed by atoms with van der Waals surface area (Å²) in [5.74, 6) is 1.81. The lowest BCUT2D eigenvalue weighted by molar-refractivity contribution is -0.111. The van der Waals surface area contributed by atoms with Gasteiger partial charge in [0.25, 0.3) is 0 Å². The molecule has 0 aromatic heterocycles. The Morgan fingerprint density at radius 3 is 1.04 bits per heavy atom. The van der Waals surface area contributed by atoms with Crippen LogP contribution >= 0.6 is 0 Å². The number of nitrogens with zero attached hydrogens (tertiary/aromatic N) is 2. The number of carbonyl (C=O) groups is 1. The molecule has 0 unspecified atom stereocenters. The zero-order valence-corrected chi connectivity index (χ0v) is 37.8. The molecule has 0 aliphatic carbocycles. The second-order valence-electron chi connectivity index (χ2n) is 16.0. The molecule has 0 bridgehead atoms. The monoisotopic (exact) mass is 747 g/mol. The standard InChI is InChI=1S/C17H25N.C16H23NO.2C8H19N/c1-11(2)14(7)18-17-15(12(3)4)9-8-10-16(17)13(5)6;1-10(2)14-8-7-9-15(11(3)4)16(14)17-12(5)13(6)18;2*1-2-3-4-5-6-7-8-9/h8-10,12-13H,1H2,2-7H3;7-11H,1-6H3;2*2-9H2,1H3. The highest BCUT2D eigenvalue weighted by Crippen LogP contribution is 2.36. The fraction of sp³-hybridized carbons (Fsp3) is 0.653. The SMILES string of the molecule is C=C(C)C(C)=Nc1c(C(C)C)cccc1C(C)C.CC(=O)C(C)=Nc1c(C(C)C)cccc1C(C)C.CCCCCCCCN.CCCCCCCCN. The average Bonchev–Trinajstić information content (AvgIpc) is 3.12. The van der Waals surface area contributed by atoms with E-state index in [1.54, 1.807) is 13.8 Å². The Labute approximate surface area is 335 Å². The molecular weight excluding hydrogens is 661 g/mol. The summed E-state index contributed by atoms with van der Waals surface area (Å²) >= 11 is 0. The van der Waals surface area contributed by atoms with Crippen LogP contribution < -0.4 is 11.5 Å². The number of carbonyl (C=O) groups excluding carboxylic acids is 1. The van der Waals surface area contributed by atoms with Crippen molar-refractivity contribution in [3.8, 4) is 0 Å². The van der Waals surface area contributed by atoms with Gasteiger partial charge in [0.1, 0.15) is 0 Å². The van der Waals surface area contributed by atoms with Gasteiger partial charge in [-0.25, -0.2) is 4.99 Å². The first-order chi connectivity index (χ1) is 25.5. The van der Waals surface area contributed by atoms with Crippen molar-refractivity contribution < 1.29 is 4.79 Å². The van der Waals surface area contributed by atoms with Gasteiger partial charge in [-0.1, -0.05) is 176 Å². The number of para-hydroxylation sites is 2. The summed E-state index contributed by atoms with van der Waals surface area (Å²) in [5, 5.41) is 0. The van der Waals surface area contributed by atoms with Crippen LogP contribution in [0.5, 0.6) is 0 Å². The highest BCUT2D eigenvalue weighted by Gasteiger charge is 2.15. The predicted molar refractivity (Wildman–Crippen MR) is 245 cm³/mol. The third-order valence-corrected chi connectivity index (χ3v) is 9.49. The Morgan fingerprint density at radius 2 is 0.796 bits per heavy atom. The first-order valence-electron chi connectivity index (χ1n) is 21.4. The van der Waals surface area contributed by atoms with E-state index in [0.717, 1.165) is 35.7 Å². The maximum Gasteiger partial charge on any atom is 0.173 e. The molecule has 0 saturated heterocycles. The first-order valence-corrected chi connectivity index (χ1v) is 21.4. The van der Waals surface area contributed by atoms with Crippen molar-refractivity contribution in [2.45, 2.75) is 198 Å². The Balaban J connectivity index is 0. The largest absolute Gasteiger partial charge is 0.330 e. The molecule has 2 aromatic rings. The van der Waals surface area contributed by atoms with Gasteiger partial charge in [-0.3, -0.25) is 9.79 Å². The van der Waals surface area contributed by atoms with Crippen LogP contribution in [0.2, 0.25) is 0 Å². The minimum Gasteiger partial charge on any atom is -0.330 e. The number of Topliss-reactive ketones (excluding diaryl/α,β-unsaturated/α-hetero) is 1. The topological polar surface area (TPSA) is 93.8 Å². The molecule has 0 amide bonds. The highest BCUT2D eigenvalue weighted by molar-refractivity contribution is 6.38. The average molecular weight is 747 g/mol. The number of hydrogen-bond acceptors (Lipinski definition) is 5. The van der Waals surface area contributed by atoms with Crippen molar-refractivity contribution in [2.24, 2.45) is 21.5 Å². The molecule has 4 N–H and O–H groups in total. The number of rotatable bonds is 20. The fourth-order valence-corrected chi connectivity index (χ4v) is 5.64. The minimum absolute atomic E-state index is 0.0308. The molecular formula is C49H86N4O. The van der Waals surface area contributed by atoms with Gasteiger partial charge >= 0.3 is 0 Å². The predicted octanol–water partition coefficient (Wildman–Crippen LogP) is 14.8. The second-order valence-corrected chi connectivity index (χ2v) is 16.0. The molecule has 2 aromatic carbocycles. The summed E-state index contributed by atoms with van der Waals surface area (Å²) < 4.78 is 0. The van der Waals surface area contributed by atoms with Crippen LogP contribution in [-0.2, 0) is 4.79 Å². The van der Waals surface area contributed by atoms with Gasteiger partial charge in [-0.15, -0.1) is 0 Å². The van der Waals surface area contributed by atoms with Crippen LogP contribution in [0.4, 0.5) is 11.4 Å². The number of allylic oxidation sites excluding steroid dienone is 1. The number of benzene rings is 2. The molecule has 0 heterocycles. The zero-order chi connectivity index (χ0) is 41.6. The zero-order valence-electron chi connectivity index (χ0n) is 37.8. The van der Waals surface area contributed by atoms with Crippen LogP contribution in [0.15, 0.2) is 58.5 Å². The van der Waals surface area contributed by atoms with E-state index in [1.165, 1.54) is 99.3 Å². The fourth-order valence-electron chi connectivity index (χ4n) is 5.64. The summed E-state index contributed by atoms with van der Waals surface area (Å²) in [5.41, 5.74) is 20.5. The Hall–Kier alpha value is -2.89. The molecule has 0 atom stereocenters. The third kappa shape index (κ3) is 23.8. The highest BCUT2D eigenvalue weighted by atomic mass is 16.1. The van der Waals surface area contributed by atoms with E-state index in [9.17, 15) is 4.79 Å². The lowest BCUT2D eigenvalue weighted by Gasteiger charge is -2.17. The summed E-state index contributed by atoms with van der Waals surface area (Å²) in [6.07, 6.45) is 16.1. The van der Waals surface area contributed by atoms with Crippen LogP contribution in [-0.4, -0.2) is 30.3 Å². The first kappa shape index (κ1) is 53.2. The van der Waals surface area contributed by atoms with Gasteiger partial charge < -0.3 is 11.5 Å². The van der Waals surface area contributed by atoms with Gasteiger partial charge in [-0.2, -0.15) is 0 Å². The maximum absolute atomic E-state index is 11.4. The van der Waals surface area contributed by atoms with Crippen molar-refractivity contribution >= 4 is 28.6 Å². The summed E-state index contributed by atoms with van der Waals surface area (Å²) in [6, 6.07) is 12.8. The van der Waals surface area contributed by atoms with Crippen molar-refractivity contribution in [3.05, 3.63) is 70.8 Å². The summed E-state index contributed by atoms with van der Waals surface area (Å²) in [4.78, 5) is 20.8. The number of aliphatic imine (C=N–C) groups is 2. The molecule has 308 valence electrons. The maximum atomic E-state index is 11.4. The van der Waals surface area contributed by atoms with E-state index in [2.05, 4.69) is 117 Å². The number of ketones is 1. The second kappa shape index (κ2) is 32.4.